The van der Waals surface area contributed by atoms with Crippen LogP contribution in [0.4, 0.5) is 0 Å². The summed E-state index contributed by atoms with van der Waals surface area (Å²) in [6, 6.07) is -2.96. The van der Waals surface area contributed by atoms with Gasteiger partial charge in [-0.15, -0.1) is 0 Å². The minimum Gasteiger partial charge on any atom is -0.457 e. The van der Waals surface area contributed by atoms with Crippen molar-refractivity contribution in [3.05, 3.63) is 12.2 Å². The molecule has 11 nitrogen and oxygen atoms in total. The van der Waals surface area contributed by atoms with Crippen LogP contribution in [-0.2, 0) is 33.5 Å². The molecule has 0 radical (unpaired) electrons. The van der Waals surface area contributed by atoms with Crippen molar-refractivity contribution < 1.29 is 38.6 Å². The fourth-order valence-corrected chi connectivity index (χ4v) is 5.11. The number of ether oxygens (including phenoxy) is 1. The molecule has 0 spiro atoms. The van der Waals surface area contributed by atoms with Crippen LogP contribution in [0.3, 0.4) is 0 Å². The summed E-state index contributed by atoms with van der Waals surface area (Å²) < 4.78 is 5.48. The molecule has 220 valence electrons. The fraction of sp³-hybridized carbons (Fsp3) is 0.692. The van der Waals surface area contributed by atoms with Gasteiger partial charge in [0.1, 0.15) is 18.2 Å². The Bertz CT molecular complexity index is 914. The van der Waals surface area contributed by atoms with E-state index in [2.05, 4.69) is 16.0 Å². The van der Waals surface area contributed by atoms with E-state index in [1.54, 1.807) is 12.2 Å². The second-order valence-corrected chi connectivity index (χ2v) is 12.0. The predicted octanol–water partition coefficient (Wildman–Crippen LogP) is 1.47. The molecular weight excluding hydrogens is 546 g/mol. The van der Waals surface area contributed by atoms with Gasteiger partial charge in [-0.1, -0.05) is 49.9 Å². The first-order valence-electron chi connectivity index (χ1n) is 13.0. The van der Waals surface area contributed by atoms with Crippen molar-refractivity contribution in [3.63, 3.8) is 0 Å². The number of hydrogen-bond donors (Lipinski definition) is 4. The summed E-state index contributed by atoms with van der Waals surface area (Å²) in [7, 11) is 0. The van der Waals surface area contributed by atoms with Crippen LogP contribution >= 0.6 is 23.5 Å². The monoisotopic (exact) mass is 587 g/mol. The minimum atomic E-state index is -1.30. The van der Waals surface area contributed by atoms with E-state index in [1.807, 2.05) is 13.8 Å². The number of amides is 3. The van der Waals surface area contributed by atoms with E-state index in [-0.39, 0.29) is 28.3 Å². The van der Waals surface area contributed by atoms with Gasteiger partial charge < -0.3 is 25.8 Å². The molecule has 0 aromatic heterocycles. The van der Waals surface area contributed by atoms with E-state index < -0.39 is 60.4 Å². The lowest BCUT2D eigenvalue weighted by atomic mass is 9.90. The molecule has 1 rings (SSSR count). The van der Waals surface area contributed by atoms with Gasteiger partial charge in [-0.2, -0.15) is 0 Å². The second kappa shape index (κ2) is 18.1. The molecular formula is C26H41N3O8S2. The van der Waals surface area contributed by atoms with E-state index >= 15 is 0 Å². The van der Waals surface area contributed by atoms with E-state index in [9.17, 15) is 33.9 Å². The number of aliphatic hydroxyl groups is 1. The lowest BCUT2D eigenvalue weighted by Gasteiger charge is -2.31. The lowest BCUT2D eigenvalue weighted by Crippen LogP contribution is -2.57. The maximum atomic E-state index is 13.2. The molecule has 1 heterocycles. The highest BCUT2D eigenvalue weighted by atomic mass is 32.2. The smallest absolute Gasteiger partial charge is 0.309 e. The Morgan fingerprint density at radius 1 is 1.05 bits per heavy atom. The van der Waals surface area contributed by atoms with Crippen molar-refractivity contribution in [2.45, 2.75) is 97.1 Å². The average Bonchev–Trinajstić information content (AvgIpc) is 2.83. The van der Waals surface area contributed by atoms with Crippen LogP contribution in [0.1, 0.15) is 66.7 Å². The first-order chi connectivity index (χ1) is 18.3. The summed E-state index contributed by atoms with van der Waals surface area (Å²) in [6.45, 7) is 8.04. The standard InChI is InChI=1S/C26H41N3O8S2/c1-6-9-15(2)24-21(32)13-23(34)37-19(10-7-8-11-38-17(4)30)12-22(33)27-16(3)25(35)28-20(26(36)29-24)14-39-18(5)31/h7,10,15-16,19-21,24,32H,6,8-9,11-14H2,1-5H3,(H,27,33)(H,28,35)(H,29,36)/b10-7+. The van der Waals surface area contributed by atoms with Crippen LogP contribution < -0.4 is 16.0 Å². The van der Waals surface area contributed by atoms with Crippen LogP contribution in [0.2, 0.25) is 0 Å². The summed E-state index contributed by atoms with van der Waals surface area (Å²) >= 11 is 2.01. The number of hydrogen-bond acceptors (Lipinski definition) is 10. The van der Waals surface area contributed by atoms with Crippen LogP contribution in [-0.4, -0.2) is 80.9 Å². The Morgan fingerprint density at radius 2 is 1.72 bits per heavy atom. The molecule has 39 heavy (non-hydrogen) atoms. The third-order valence-corrected chi connectivity index (χ3v) is 7.68. The highest BCUT2D eigenvalue weighted by Gasteiger charge is 2.33. The van der Waals surface area contributed by atoms with Gasteiger partial charge in [0.25, 0.3) is 0 Å². The number of nitrogens with one attached hydrogen (secondary N) is 3. The number of aliphatic hydroxyl groups excluding tert-OH is 1. The molecule has 1 fully saturated rings. The highest BCUT2D eigenvalue weighted by molar-refractivity contribution is 8.13. The normalized spacial score (nSPS) is 26.5. The van der Waals surface area contributed by atoms with E-state index in [4.69, 9.17) is 4.74 Å². The molecule has 0 aromatic carbocycles. The predicted molar refractivity (Wildman–Crippen MR) is 151 cm³/mol. The first kappa shape index (κ1) is 34.6. The number of esters is 1. The summed E-state index contributed by atoms with van der Waals surface area (Å²) in [5.41, 5.74) is 0. The topological polar surface area (TPSA) is 168 Å². The molecule has 4 N–H and O–H groups in total. The van der Waals surface area contributed by atoms with Gasteiger partial charge in [-0.3, -0.25) is 28.8 Å². The van der Waals surface area contributed by atoms with Gasteiger partial charge in [0.15, 0.2) is 10.2 Å². The molecule has 1 saturated heterocycles. The quantitative estimate of drug-likeness (QED) is 0.176. The van der Waals surface area contributed by atoms with Crippen molar-refractivity contribution in [1.29, 1.82) is 0 Å². The molecule has 0 saturated carbocycles. The number of thioether (sulfide) groups is 2. The minimum absolute atomic E-state index is 0.0227. The van der Waals surface area contributed by atoms with Crippen LogP contribution in [0.15, 0.2) is 12.2 Å². The van der Waals surface area contributed by atoms with Gasteiger partial charge in [-0.25, -0.2) is 0 Å². The van der Waals surface area contributed by atoms with Crippen LogP contribution in [0.25, 0.3) is 0 Å². The van der Waals surface area contributed by atoms with Crippen LogP contribution in [0.5, 0.6) is 0 Å². The van der Waals surface area contributed by atoms with Crippen LogP contribution in [0, 0.1) is 5.92 Å². The highest BCUT2D eigenvalue weighted by Crippen LogP contribution is 2.18. The summed E-state index contributed by atoms with van der Waals surface area (Å²) in [5.74, 6) is -2.31. The summed E-state index contributed by atoms with van der Waals surface area (Å²) in [4.78, 5) is 74.1. The first-order valence-corrected chi connectivity index (χ1v) is 15.0. The molecule has 6 unspecified atom stereocenters. The molecule has 1 aliphatic rings. The summed E-state index contributed by atoms with van der Waals surface area (Å²) in [5, 5.41) is 18.6. The zero-order valence-electron chi connectivity index (χ0n) is 23.2. The maximum absolute atomic E-state index is 13.2. The van der Waals surface area contributed by atoms with E-state index in [0.29, 0.717) is 18.6 Å². The number of carbonyl (C=O) groups is 6. The third-order valence-electron chi connectivity index (χ3n) is 5.92. The number of rotatable bonds is 9. The molecule has 0 bridgehead atoms. The Hall–Kier alpha value is -2.38. The van der Waals surface area contributed by atoms with Crippen molar-refractivity contribution in [2.24, 2.45) is 5.92 Å². The molecule has 0 aromatic rings. The number of carbonyl (C=O) groups excluding carboxylic acids is 6. The Balaban J connectivity index is 3.25. The van der Waals surface area contributed by atoms with Gasteiger partial charge in [-0.05, 0) is 31.8 Å². The molecule has 3 amide bonds. The number of cyclic esters (lactones) is 1. The Labute approximate surface area is 238 Å². The van der Waals surface area contributed by atoms with Gasteiger partial charge >= 0.3 is 5.97 Å². The largest absolute Gasteiger partial charge is 0.457 e. The van der Waals surface area contributed by atoms with E-state index in [0.717, 1.165) is 29.9 Å². The van der Waals surface area contributed by atoms with Crippen molar-refractivity contribution >= 4 is 57.4 Å². The summed E-state index contributed by atoms with van der Waals surface area (Å²) in [6.07, 6.45) is 2.20. The molecule has 13 heteroatoms. The lowest BCUT2D eigenvalue weighted by molar-refractivity contribution is -0.151. The number of allylic oxidation sites excluding steroid dienone is 1. The third kappa shape index (κ3) is 14.0. The van der Waals surface area contributed by atoms with Crippen molar-refractivity contribution in [2.75, 3.05) is 11.5 Å². The SMILES string of the molecule is CCCC(C)C1NC(=O)C(CSC(C)=O)NC(=O)C(C)NC(=O)CC(/C=C/CCSC(C)=O)OC(=O)CC1O. The second-order valence-electron chi connectivity index (χ2n) is 9.51. The van der Waals surface area contributed by atoms with Gasteiger partial charge in [0, 0.05) is 25.4 Å². The zero-order valence-corrected chi connectivity index (χ0v) is 24.8. The van der Waals surface area contributed by atoms with E-state index in [1.165, 1.54) is 20.8 Å². The average molecular weight is 588 g/mol. The van der Waals surface area contributed by atoms with Gasteiger partial charge in [0.2, 0.25) is 17.7 Å². The molecule has 1 aliphatic heterocycles. The molecule has 6 atom stereocenters. The van der Waals surface area contributed by atoms with Crippen molar-refractivity contribution in [3.8, 4) is 0 Å². The Morgan fingerprint density at radius 3 is 2.33 bits per heavy atom. The molecule has 0 aliphatic carbocycles. The van der Waals surface area contributed by atoms with Crippen molar-refractivity contribution in [1.82, 2.24) is 16.0 Å². The zero-order chi connectivity index (χ0) is 29.5. The van der Waals surface area contributed by atoms with Gasteiger partial charge in [0.05, 0.1) is 25.0 Å². The maximum Gasteiger partial charge on any atom is 0.309 e. The Kier molecular flexibility index (Phi) is 16.0. The fourth-order valence-electron chi connectivity index (χ4n) is 3.93.